The van der Waals surface area contributed by atoms with Crippen molar-refractivity contribution in [1.29, 1.82) is 0 Å². The lowest BCUT2D eigenvalue weighted by Gasteiger charge is -2.08. The van der Waals surface area contributed by atoms with Crippen molar-refractivity contribution in [2.75, 3.05) is 12.4 Å². The molecule has 31 heavy (non-hydrogen) atoms. The van der Waals surface area contributed by atoms with Crippen LogP contribution in [0, 0.1) is 6.92 Å². The average Bonchev–Trinajstić information content (AvgIpc) is 2.80. The van der Waals surface area contributed by atoms with E-state index < -0.39 is 0 Å². The van der Waals surface area contributed by atoms with Crippen LogP contribution in [0.25, 0.3) is 11.1 Å². The maximum absolute atomic E-state index is 12.6. The highest BCUT2D eigenvalue weighted by Gasteiger charge is 2.09. The first kappa shape index (κ1) is 20.1. The van der Waals surface area contributed by atoms with E-state index in [0.29, 0.717) is 17.1 Å². The SMILES string of the molecule is COc1cccc(Oc2ncc(-c3cccc(C(=O)Nc4cccc(C)c4)c3)cn2)c1. The predicted octanol–water partition coefficient (Wildman–Crippen LogP) is 5.51. The van der Waals surface area contributed by atoms with Gasteiger partial charge in [0.25, 0.3) is 5.91 Å². The Labute approximate surface area is 180 Å². The summed E-state index contributed by atoms with van der Waals surface area (Å²) in [4.78, 5) is 21.2. The Morgan fingerprint density at radius 2 is 1.58 bits per heavy atom. The normalized spacial score (nSPS) is 10.4. The molecule has 4 aromatic rings. The summed E-state index contributed by atoms with van der Waals surface area (Å²) in [7, 11) is 1.60. The molecule has 0 saturated carbocycles. The molecule has 0 aliphatic rings. The molecule has 0 aliphatic heterocycles. The number of rotatable bonds is 6. The molecule has 154 valence electrons. The van der Waals surface area contributed by atoms with Crippen LogP contribution in [0.4, 0.5) is 5.69 Å². The van der Waals surface area contributed by atoms with E-state index in [1.807, 2.05) is 61.5 Å². The Hall–Kier alpha value is -4.19. The standard InChI is InChI=1S/C25H21N3O3/c1-17-6-3-9-21(12-17)28-24(29)19-8-4-7-18(13-19)20-15-26-25(27-16-20)31-23-11-5-10-22(14-23)30-2/h3-16H,1-2H3,(H,28,29). The number of ether oxygens (including phenoxy) is 2. The highest BCUT2D eigenvalue weighted by Crippen LogP contribution is 2.25. The van der Waals surface area contributed by atoms with Gasteiger partial charge in [0.05, 0.1) is 7.11 Å². The van der Waals surface area contributed by atoms with E-state index in [2.05, 4.69) is 15.3 Å². The molecule has 1 N–H and O–H groups in total. The van der Waals surface area contributed by atoms with Crippen molar-refractivity contribution in [2.45, 2.75) is 6.92 Å². The smallest absolute Gasteiger partial charge is 0.321 e. The number of amides is 1. The van der Waals surface area contributed by atoms with E-state index in [9.17, 15) is 4.79 Å². The number of carbonyl (C=O) groups excluding carboxylic acids is 1. The summed E-state index contributed by atoms with van der Waals surface area (Å²) in [6.07, 6.45) is 3.33. The first-order chi connectivity index (χ1) is 15.1. The van der Waals surface area contributed by atoms with E-state index >= 15 is 0 Å². The maximum Gasteiger partial charge on any atom is 0.321 e. The fourth-order valence-electron chi connectivity index (χ4n) is 3.05. The minimum Gasteiger partial charge on any atom is -0.497 e. The van der Waals surface area contributed by atoms with Gasteiger partial charge in [0.1, 0.15) is 11.5 Å². The number of hydrogen-bond acceptors (Lipinski definition) is 5. The summed E-state index contributed by atoms with van der Waals surface area (Å²) in [5, 5.41) is 2.92. The zero-order chi connectivity index (χ0) is 21.6. The Balaban J connectivity index is 1.49. The van der Waals surface area contributed by atoms with Gasteiger partial charge in [-0.1, -0.05) is 30.3 Å². The van der Waals surface area contributed by atoms with Crippen molar-refractivity contribution in [3.8, 4) is 28.6 Å². The van der Waals surface area contributed by atoms with Crippen molar-refractivity contribution < 1.29 is 14.3 Å². The van der Waals surface area contributed by atoms with Gasteiger partial charge in [-0.3, -0.25) is 4.79 Å². The Bertz CT molecular complexity index is 1210. The Morgan fingerprint density at radius 1 is 0.839 bits per heavy atom. The van der Waals surface area contributed by atoms with Crippen molar-refractivity contribution in [1.82, 2.24) is 9.97 Å². The summed E-state index contributed by atoms with van der Waals surface area (Å²) in [6.45, 7) is 1.98. The number of carbonyl (C=O) groups is 1. The average molecular weight is 411 g/mol. The van der Waals surface area contributed by atoms with Gasteiger partial charge < -0.3 is 14.8 Å². The van der Waals surface area contributed by atoms with Gasteiger partial charge in [-0.15, -0.1) is 0 Å². The first-order valence-electron chi connectivity index (χ1n) is 9.73. The second kappa shape index (κ2) is 9.09. The quantitative estimate of drug-likeness (QED) is 0.453. The minimum absolute atomic E-state index is 0.175. The number of benzene rings is 3. The molecule has 6 nitrogen and oxygen atoms in total. The van der Waals surface area contributed by atoms with E-state index in [1.54, 1.807) is 37.7 Å². The van der Waals surface area contributed by atoms with E-state index in [-0.39, 0.29) is 11.9 Å². The minimum atomic E-state index is -0.175. The molecule has 4 rings (SSSR count). The summed E-state index contributed by atoms with van der Waals surface area (Å²) in [6, 6.07) is 22.5. The predicted molar refractivity (Wildman–Crippen MR) is 120 cm³/mol. The van der Waals surface area contributed by atoms with Crippen LogP contribution < -0.4 is 14.8 Å². The Kier molecular flexibility index (Phi) is 5.89. The van der Waals surface area contributed by atoms with Crippen molar-refractivity contribution in [3.63, 3.8) is 0 Å². The molecule has 0 bridgehead atoms. The molecular weight excluding hydrogens is 390 g/mol. The van der Waals surface area contributed by atoms with Gasteiger partial charge in [0.15, 0.2) is 0 Å². The summed E-state index contributed by atoms with van der Waals surface area (Å²) < 4.78 is 10.9. The van der Waals surface area contributed by atoms with Crippen LogP contribution in [-0.4, -0.2) is 23.0 Å². The Morgan fingerprint density at radius 3 is 2.35 bits per heavy atom. The van der Waals surface area contributed by atoms with Gasteiger partial charge in [-0.25, -0.2) is 9.97 Å². The number of aromatic nitrogens is 2. The molecule has 1 aromatic heterocycles. The topological polar surface area (TPSA) is 73.3 Å². The lowest BCUT2D eigenvalue weighted by molar-refractivity contribution is 0.102. The molecule has 0 saturated heterocycles. The van der Waals surface area contributed by atoms with Gasteiger partial charge >= 0.3 is 6.01 Å². The van der Waals surface area contributed by atoms with Crippen LogP contribution in [0.15, 0.2) is 85.2 Å². The van der Waals surface area contributed by atoms with Gasteiger partial charge in [-0.2, -0.15) is 0 Å². The molecule has 1 heterocycles. The third-order valence-corrected chi connectivity index (χ3v) is 4.61. The molecule has 3 aromatic carbocycles. The third-order valence-electron chi connectivity index (χ3n) is 4.61. The summed E-state index contributed by atoms with van der Waals surface area (Å²) >= 11 is 0. The van der Waals surface area contributed by atoms with Crippen LogP contribution in [0.2, 0.25) is 0 Å². The lowest BCUT2D eigenvalue weighted by Crippen LogP contribution is -2.11. The van der Waals surface area contributed by atoms with Crippen molar-refractivity contribution >= 4 is 11.6 Å². The number of methoxy groups -OCH3 is 1. The van der Waals surface area contributed by atoms with Gasteiger partial charge in [0, 0.05) is 35.3 Å². The van der Waals surface area contributed by atoms with Crippen LogP contribution in [-0.2, 0) is 0 Å². The van der Waals surface area contributed by atoms with Gasteiger partial charge in [-0.05, 0) is 54.4 Å². The second-order valence-corrected chi connectivity index (χ2v) is 6.94. The van der Waals surface area contributed by atoms with Crippen LogP contribution in [0.5, 0.6) is 17.5 Å². The van der Waals surface area contributed by atoms with E-state index in [0.717, 1.165) is 22.4 Å². The molecule has 0 atom stereocenters. The molecule has 0 spiro atoms. The summed E-state index contributed by atoms with van der Waals surface area (Å²) in [5.41, 5.74) is 4.02. The summed E-state index contributed by atoms with van der Waals surface area (Å²) in [5.74, 6) is 1.10. The molecule has 0 fully saturated rings. The maximum atomic E-state index is 12.6. The highest BCUT2D eigenvalue weighted by atomic mass is 16.5. The fraction of sp³-hybridized carbons (Fsp3) is 0.0800. The van der Waals surface area contributed by atoms with Crippen LogP contribution in [0.3, 0.4) is 0 Å². The fourth-order valence-corrected chi connectivity index (χ4v) is 3.05. The molecule has 0 aliphatic carbocycles. The van der Waals surface area contributed by atoms with Crippen LogP contribution in [0.1, 0.15) is 15.9 Å². The molecule has 6 heteroatoms. The third kappa shape index (κ3) is 5.05. The molecule has 0 unspecified atom stereocenters. The lowest BCUT2D eigenvalue weighted by atomic mass is 10.1. The van der Waals surface area contributed by atoms with Crippen molar-refractivity contribution in [2.24, 2.45) is 0 Å². The van der Waals surface area contributed by atoms with E-state index in [4.69, 9.17) is 9.47 Å². The van der Waals surface area contributed by atoms with E-state index in [1.165, 1.54) is 0 Å². The molecule has 0 radical (unpaired) electrons. The first-order valence-corrected chi connectivity index (χ1v) is 9.73. The highest BCUT2D eigenvalue weighted by molar-refractivity contribution is 6.05. The largest absolute Gasteiger partial charge is 0.497 e. The number of anilines is 1. The number of aryl methyl sites for hydroxylation is 1. The number of nitrogens with zero attached hydrogens (tertiary/aromatic N) is 2. The zero-order valence-corrected chi connectivity index (χ0v) is 17.2. The monoisotopic (exact) mass is 411 g/mol. The molecular formula is C25H21N3O3. The molecule has 1 amide bonds. The second-order valence-electron chi connectivity index (χ2n) is 6.94. The van der Waals surface area contributed by atoms with Gasteiger partial charge in [0.2, 0.25) is 0 Å². The number of nitrogens with one attached hydrogen (secondary N) is 1. The van der Waals surface area contributed by atoms with Crippen LogP contribution >= 0.6 is 0 Å². The van der Waals surface area contributed by atoms with Crippen molar-refractivity contribution in [3.05, 3.63) is 96.3 Å². The zero-order valence-electron chi connectivity index (χ0n) is 17.2. The number of hydrogen-bond donors (Lipinski definition) is 1.